The average Bonchev–Trinajstić information content (AvgIpc) is 2.91. The zero-order chi connectivity index (χ0) is 14.1. The van der Waals surface area contributed by atoms with Gasteiger partial charge in [0.05, 0.1) is 36.5 Å². The summed E-state index contributed by atoms with van der Waals surface area (Å²) in [7, 11) is 1.61. The molecule has 102 valence electrons. The van der Waals surface area contributed by atoms with E-state index in [1.54, 1.807) is 26.4 Å². The lowest BCUT2D eigenvalue weighted by Gasteiger charge is -2.05. The van der Waals surface area contributed by atoms with Gasteiger partial charge in [-0.2, -0.15) is 0 Å². The minimum atomic E-state index is -0.339. The Morgan fingerprint density at radius 3 is 3.00 bits per heavy atom. The van der Waals surface area contributed by atoms with E-state index in [0.717, 1.165) is 27.6 Å². The molecule has 5 nitrogen and oxygen atoms in total. The van der Waals surface area contributed by atoms with Gasteiger partial charge in [-0.3, -0.25) is 4.98 Å². The van der Waals surface area contributed by atoms with Gasteiger partial charge in [0.25, 0.3) is 0 Å². The van der Waals surface area contributed by atoms with Crippen molar-refractivity contribution in [3.05, 3.63) is 36.2 Å². The van der Waals surface area contributed by atoms with Gasteiger partial charge in [0, 0.05) is 17.0 Å². The van der Waals surface area contributed by atoms with Gasteiger partial charge >= 0.3 is 5.97 Å². The summed E-state index contributed by atoms with van der Waals surface area (Å²) in [6, 6.07) is 5.59. The zero-order valence-electron chi connectivity index (χ0n) is 11.3. The second kappa shape index (κ2) is 4.85. The predicted molar refractivity (Wildman–Crippen MR) is 76.1 cm³/mol. The summed E-state index contributed by atoms with van der Waals surface area (Å²) in [5.41, 5.74) is 2.12. The van der Waals surface area contributed by atoms with Crippen LogP contribution in [0.5, 0.6) is 5.75 Å². The summed E-state index contributed by atoms with van der Waals surface area (Å²) >= 11 is 0. The van der Waals surface area contributed by atoms with Crippen LogP contribution in [0.3, 0.4) is 0 Å². The molecule has 20 heavy (non-hydrogen) atoms. The Hall–Kier alpha value is -2.56. The number of ether oxygens (including phenoxy) is 2. The molecule has 0 saturated heterocycles. The number of aromatic nitrogens is 2. The molecule has 0 atom stereocenters. The maximum atomic E-state index is 12.0. The summed E-state index contributed by atoms with van der Waals surface area (Å²) in [5.74, 6) is 0.386. The van der Waals surface area contributed by atoms with Crippen LogP contribution in [0.1, 0.15) is 17.3 Å². The lowest BCUT2D eigenvalue weighted by Crippen LogP contribution is -2.03. The van der Waals surface area contributed by atoms with Crippen molar-refractivity contribution in [3.63, 3.8) is 0 Å². The number of hydrogen-bond acceptors (Lipinski definition) is 4. The second-order valence-corrected chi connectivity index (χ2v) is 4.35. The third-order valence-corrected chi connectivity index (χ3v) is 3.21. The number of H-pyrrole nitrogens is 1. The van der Waals surface area contributed by atoms with Crippen molar-refractivity contribution in [3.8, 4) is 5.75 Å². The van der Waals surface area contributed by atoms with Crippen LogP contribution >= 0.6 is 0 Å². The van der Waals surface area contributed by atoms with Crippen molar-refractivity contribution in [1.29, 1.82) is 0 Å². The minimum Gasteiger partial charge on any atom is -0.497 e. The fraction of sp³-hybridized carbons (Fsp3) is 0.200. The molecule has 0 aliphatic rings. The first-order valence-electron chi connectivity index (χ1n) is 6.35. The van der Waals surface area contributed by atoms with Gasteiger partial charge in [0.1, 0.15) is 5.75 Å². The van der Waals surface area contributed by atoms with E-state index in [1.165, 1.54) is 0 Å². The largest absolute Gasteiger partial charge is 0.497 e. The fourth-order valence-corrected chi connectivity index (χ4v) is 2.29. The highest BCUT2D eigenvalue weighted by molar-refractivity contribution is 6.15. The third kappa shape index (κ3) is 1.87. The first-order chi connectivity index (χ1) is 9.74. The highest BCUT2D eigenvalue weighted by Crippen LogP contribution is 2.29. The van der Waals surface area contributed by atoms with Crippen LogP contribution < -0.4 is 4.74 Å². The monoisotopic (exact) mass is 270 g/mol. The van der Waals surface area contributed by atoms with Crippen LogP contribution in [0.4, 0.5) is 0 Å². The first kappa shape index (κ1) is 12.5. The second-order valence-electron chi connectivity index (χ2n) is 4.35. The molecular weight excluding hydrogens is 256 g/mol. The van der Waals surface area contributed by atoms with E-state index >= 15 is 0 Å². The van der Waals surface area contributed by atoms with Crippen LogP contribution in [0, 0.1) is 0 Å². The number of esters is 1. The topological polar surface area (TPSA) is 64.2 Å². The van der Waals surface area contributed by atoms with Crippen molar-refractivity contribution >= 4 is 27.8 Å². The number of methoxy groups -OCH3 is 1. The molecule has 3 aromatic rings. The maximum Gasteiger partial charge on any atom is 0.340 e. The van der Waals surface area contributed by atoms with E-state index in [0.29, 0.717) is 12.2 Å². The molecule has 0 saturated carbocycles. The van der Waals surface area contributed by atoms with Crippen LogP contribution in [-0.2, 0) is 4.74 Å². The number of pyridine rings is 1. The van der Waals surface area contributed by atoms with Gasteiger partial charge in [-0.1, -0.05) is 0 Å². The molecule has 0 spiro atoms. The van der Waals surface area contributed by atoms with Gasteiger partial charge in [0.15, 0.2) is 0 Å². The molecule has 5 heteroatoms. The smallest absolute Gasteiger partial charge is 0.340 e. The Bertz CT molecular complexity index is 792. The SMILES string of the molecule is CCOC(=O)c1c[nH]c2cnc3ccc(OC)cc3c12. The van der Waals surface area contributed by atoms with Crippen molar-refractivity contribution in [2.24, 2.45) is 0 Å². The number of carbonyl (C=O) groups is 1. The summed E-state index contributed by atoms with van der Waals surface area (Å²) < 4.78 is 10.3. The summed E-state index contributed by atoms with van der Waals surface area (Å²) in [5, 5.41) is 1.68. The van der Waals surface area contributed by atoms with Gasteiger partial charge in [-0.25, -0.2) is 4.79 Å². The Morgan fingerprint density at radius 2 is 2.25 bits per heavy atom. The number of nitrogens with one attached hydrogen (secondary N) is 1. The molecule has 2 heterocycles. The predicted octanol–water partition coefficient (Wildman–Crippen LogP) is 2.90. The number of rotatable bonds is 3. The molecule has 2 aromatic heterocycles. The van der Waals surface area contributed by atoms with Crippen LogP contribution in [-0.4, -0.2) is 29.7 Å². The third-order valence-electron chi connectivity index (χ3n) is 3.21. The Labute approximate surface area is 115 Å². The highest BCUT2D eigenvalue weighted by atomic mass is 16.5. The van der Waals surface area contributed by atoms with E-state index < -0.39 is 0 Å². The standard InChI is InChI=1S/C15H14N2O3/c1-3-20-15(18)11-7-16-13-8-17-12-5-4-9(19-2)6-10(12)14(11)13/h4-8,16H,3H2,1-2H3. The lowest BCUT2D eigenvalue weighted by molar-refractivity contribution is 0.0529. The maximum absolute atomic E-state index is 12.0. The molecular formula is C15H14N2O3. The highest BCUT2D eigenvalue weighted by Gasteiger charge is 2.16. The molecule has 3 rings (SSSR count). The van der Waals surface area contributed by atoms with Gasteiger partial charge in [-0.15, -0.1) is 0 Å². The van der Waals surface area contributed by atoms with Crippen molar-refractivity contribution in [2.75, 3.05) is 13.7 Å². The Kier molecular flexibility index (Phi) is 3.02. The zero-order valence-corrected chi connectivity index (χ0v) is 11.3. The average molecular weight is 270 g/mol. The molecule has 0 aliphatic heterocycles. The molecule has 0 aliphatic carbocycles. The fourth-order valence-electron chi connectivity index (χ4n) is 2.29. The van der Waals surface area contributed by atoms with E-state index in [1.807, 2.05) is 18.2 Å². The molecule has 0 fully saturated rings. The number of carbonyl (C=O) groups excluding carboxylic acids is 1. The number of fused-ring (bicyclic) bond motifs is 3. The number of aromatic amines is 1. The lowest BCUT2D eigenvalue weighted by atomic mass is 10.1. The number of benzene rings is 1. The van der Waals surface area contributed by atoms with Crippen LogP contribution in [0.15, 0.2) is 30.6 Å². The Balaban J connectivity index is 2.32. The van der Waals surface area contributed by atoms with Gasteiger partial charge in [-0.05, 0) is 25.1 Å². The number of hydrogen-bond donors (Lipinski definition) is 1. The van der Waals surface area contributed by atoms with E-state index in [2.05, 4.69) is 9.97 Å². The molecule has 1 aromatic carbocycles. The number of nitrogens with zero attached hydrogens (tertiary/aromatic N) is 1. The molecule has 0 bridgehead atoms. The van der Waals surface area contributed by atoms with Gasteiger partial charge < -0.3 is 14.5 Å². The normalized spacial score (nSPS) is 10.9. The Morgan fingerprint density at radius 1 is 1.40 bits per heavy atom. The van der Waals surface area contributed by atoms with Crippen LogP contribution in [0.2, 0.25) is 0 Å². The first-order valence-corrected chi connectivity index (χ1v) is 6.35. The minimum absolute atomic E-state index is 0.339. The van der Waals surface area contributed by atoms with Crippen molar-refractivity contribution < 1.29 is 14.3 Å². The van der Waals surface area contributed by atoms with E-state index in [-0.39, 0.29) is 5.97 Å². The molecule has 0 radical (unpaired) electrons. The van der Waals surface area contributed by atoms with Crippen molar-refractivity contribution in [2.45, 2.75) is 6.92 Å². The summed E-state index contributed by atoms with van der Waals surface area (Å²) in [4.78, 5) is 19.4. The summed E-state index contributed by atoms with van der Waals surface area (Å²) in [6.45, 7) is 2.13. The molecule has 1 N–H and O–H groups in total. The van der Waals surface area contributed by atoms with Gasteiger partial charge in [0.2, 0.25) is 0 Å². The van der Waals surface area contributed by atoms with E-state index in [4.69, 9.17) is 9.47 Å². The van der Waals surface area contributed by atoms with Crippen LogP contribution in [0.25, 0.3) is 21.8 Å². The molecule has 0 unspecified atom stereocenters. The summed E-state index contributed by atoms with van der Waals surface area (Å²) in [6.07, 6.45) is 3.37. The van der Waals surface area contributed by atoms with Crippen molar-refractivity contribution in [1.82, 2.24) is 9.97 Å². The van der Waals surface area contributed by atoms with E-state index in [9.17, 15) is 4.79 Å². The quantitative estimate of drug-likeness (QED) is 0.743. The molecule has 0 amide bonds.